The molecule has 0 unspecified atom stereocenters. The summed E-state index contributed by atoms with van der Waals surface area (Å²) >= 11 is 12.7. The van der Waals surface area contributed by atoms with Crippen molar-refractivity contribution in [3.05, 3.63) is 68.2 Å². The van der Waals surface area contributed by atoms with Crippen molar-refractivity contribution in [1.29, 1.82) is 0 Å². The average molecular weight is 432 g/mol. The van der Waals surface area contributed by atoms with E-state index in [9.17, 15) is 4.79 Å². The molecule has 0 saturated heterocycles. The minimum atomic E-state index is -0.258. The van der Waals surface area contributed by atoms with Gasteiger partial charge in [0, 0.05) is 36.7 Å². The van der Waals surface area contributed by atoms with Crippen molar-refractivity contribution in [1.82, 2.24) is 28.7 Å². The number of rotatable bonds is 5. The second kappa shape index (κ2) is 7.53. The molecule has 10 heteroatoms. The van der Waals surface area contributed by atoms with E-state index in [0.717, 1.165) is 11.1 Å². The molecular weight excluding hydrogens is 413 g/mol. The highest BCUT2D eigenvalue weighted by Gasteiger charge is 2.20. The minimum Gasteiger partial charge on any atom is -0.368 e. The van der Waals surface area contributed by atoms with Gasteiger partial charge in [-0.2, -0.15) is 9.97 Å². The third kappa shape index (κ3) is 3.49. The topological polar surface area (TPSA) is 96.5 Å². The van der Waals surface area contributed by atoms with Gasteiger partial charge in [-0.25, -0.2) is 4.79 Å². The molecule has 29 heavy (non-hydrogen) atoms. The number of nitrogens with zero attached hydrogens (tertiary/aromatic N) is 6. The molecule has 0 saturated carbocycles. The van der Waals surface area contributed by atoms with Gasteiger partial charge in [-0.15, -0.1) is 0 Å². The Balaban J connectivity index is 1.84. The van der Waals surface area contributed by atoms with E-state index in [2.05, 4.69) is 15.0 Å². The van der Waals surface area contributed by atoms with Crippen LogP contribution in [0.3, 0.4) is 0 Å². The molecule has 0 aliphatic rings. The third-order valence-corrected chi connectivity index (χ3v) is 5.75. The molecule has 0 radical (unpaired) electrons. The largest absolute Gasteiger partial charge is 0.368 e. The van der Waals surface area contributed by atoms with Gasteiger partial charge in [-0.3, -0.25) is 14.1 Å². The summed E-state index contributed by atoms with van der Waals surface area (Å²) in [6.45, 7) is 4.97. The molecule has 2 N–H and O–H groups in total. The summed E-state index contributed by atoms with van der Waals surface area (Å²) in [5.41, 5.74) is 8.75. The fraction of sp³-hybridized carbons (Fsp3) is 0.263. The van der Waals surface area contributed by atoms with Crippen molar-refractivity contribution in [2.75, 3.05) is 5.73 Å². The number of hydrogen-bond acceptors (Lipinski definition) is 5. The van der Waals surface area contributed by atoms with Gasteiger partial charge < -0.3 is 10.3 Å². The van der Waals surface area contributed by atoms with Crippen molar-refractivity contribution >= 4 is 40.3 Å². The fourth-order valence-corrected chi connectivity index (χ4v) is 3.76. The van der Waals surface area contributed by atoms with Crippen molar-refractivity contribution in [3.8, 4) is 0 Å². The van der Waals surface area contributed by atoms with Gasteiger partial charge in [0.1, 0.15) is 5.52 Å². The van der Waals surface area contributed by atoms with Crippen molar-refractivity contribution in [2.45, 2.75) is 33.5 Å². The predicted octanol–water partition coefficient (Wildman–Crippen LogP) is 3.04. The number of nitrogen functional groups attached to an aromatic ring is 1. The van der Waals surface area contributed by atoms with Crippen LogP contribution in [0.2, 0.25) is 10.2 Å². The molecule has 0 fully saturated rings. The number of hydrogen-bond donors (Lipinski definition) is 1. The number of fused-ring (bicyclic) bond motifs is 1. The summed E-state index contributed by atoms with van der Waals surface area (Å²) < 4.78 is 5.06. The van der Waals surface area contributed by atoms with Crippen LogP contribution in [0.4, 0.5) is 5.95 Å². The summed E-state index contributed by atoms with van der Waals surface area (Å²) in [6.07, 6.45) is 5.56. The molecule has 150 valence electrons. The number of pyridine rings is 1. The molecule has 0 aliphatic carbocycles. The SMILES string of the molecule is Cc1cnc(Cn2c(=O)n(CCn3cccc3)c3c(Cl)nc(N)nc32)c(C)c1Cl. The highest BCUT2D eigenvalue weighted by atomic mass is 35.5. The average Bonchev–Trinajstić information content (AvgIpc) is 3.28. The summed E-state index contributed by atoms with van der Waals surface area (Å²) in [5, 5.41) is 0.772. The van der Waals surface area contributed by atoms with Crippen molar-refractivity contribution < 1.29 is 0 Å². The molecule has 8 nitrogen and oxygen atoms in total. The number of imidazole rings is 1. The molecule has 4 rings (SSSR count). The first kappa shape index (κ1) is 19.5. The van der Waals surface area contributed by atoms with Gasteiger partial charge in [0.25, 0.3) is 0 Å². The zero-order valence-corrected chi connectivity index (χ0v) is 17.4. The minimum absolute atomic E-state index is 0.00503. The molecule has 4 aromatic rings. The van der Waals surface area contributed by atoms with E-state index in [1.54, 1.807) is 10.8 Å². The maximum absolute atomic E-state index is 13.3. The van der Waals surface area contributed by atoms with Gasteiger partial charge in [-0.05, 0) is 37.1 Å². The Hall–Kier alpha value is -2.84. The Morgan fingerprint density at radius 2 is 1.79 bits per heavy atom. The highest BCUT2D eigenvalue weighted by Crippen LogP contribution is 2.24. The fourth-order valence-electron chi connectivity index (χ4n) is 3.33. The molecule has 0 aromatic carbocycles. The summed E-state index contributed by atoms with van der Waals surface area (Å²) in [7, 11) is 0. The van der Waals surface area contributed by atoms with Crippen LogP contribution < -0.4 is 11.4 Å². The zero-order chi connectivity index (χ0) is 20.7. The van der Waals surface area contributed by atoms with E-state index in [-0.39, 0.29) is 23.3 Å². The maximum atomic E-state index is 13.3. The zero-order valence-electron chi connectivity index (χ0n) is 15.9. The standard InChI is InChI=1S/C19H19Cl2N7O/c1-11-9-23-13(12(2)14(11)20)10-28-17-15(16(21)24-18(22)25-17)27(19(28)29)8-7-26-5-3-4-6-26/h3-6,9H,7-8,10H2,1-2H3,(H2,22,24,25). The van der Waals surface area contributed by atoms with E-state index in [0.29, 0.717) is 35.0 Å². The maximum Gasteiger partial charge on any atom is 0.330 e. The van der Waals surface area contributed by atoms with E-state index in [4.69, 9.17) is 28.9 Å². The Morgan fingerprint density at radius 1 is 1.07 bits per heavy atom. The first-order chi connectivity index (χ1) is 13.9. The Kier molecular flexibility index (Phi) is 5.06. The van der Waals surface area contributed by atoms with Crippen LogP contribution in [0, 0.1) is 13.8 Å². The van der Waals surface area contributed by atoms with Crippen molar-refractivity contribution in [3.63, 3.8) is 0 Å². The molecule has 0 atom stereocenters. The van der Waals surface area contributed by atoms with Crippen LogP contribution in [0.5, 0.6) is 0 Å². The lowest BCUT2D eigenvalue weighted by molar-refractivity contribution is 0.564. The van der Waals surface area contributed by atoms with E-state index >= 15 is 0 Å². The quantitative estimate of drug-likeness (QED) is 0.489. The van der Waals surface area contributed by atoms with Crippen LogP contribution in [0.15, 0.2) is 35.5 Å². The molecule has 0 bridgehead atoms. The van der Waals surface area contributed by atoms with Crippen LogP contribution in [-0.4, -0.2) is 28.7 Å². The molecule has 4 heterocycles. The Labute approximate surface area is 176 Å². The smallest absolute Gasteiger partial charge is 0.330 e. The molecule has 0 amide bonds. The van der Waals surface area contributed by atoms with Crippen LogP contribution in [0.25, 0.3) is 11.2 Å². The summed E-state index contributed by atoms with van der Waals surface area (Å²) in [5.74, 6) is 0.00503. The van der Waals surface area contributed by atoms with Gasteiger partial charge in [0.05, 0.1) is 12.2 Å². The number of nitrogens with two attached hydrogens (primary N) is 1. The lowest BCUT2D eigenvalue weighted by Gasteiger charge is -2.09. The van der Waals surface area contributed by atoms with E-state index < -0.39 is 0 Å². The van der Waals surface area contributed by atoms with E-state index in [1.807, 2.05) is 42.9 Å². The second-order valence-corrected chi connectivity index (χ2v) is 7.55. The first-order valence-corrected chi connectivity index (χ1v) is 9.75. The molecule has 0 aliphatic heterocycles. The van der Waals surface area contributed by atoms with Gasteiger partial charge in [0.2, 0.25) is 5.95 Å². The summed E-state index contributed by atoms with van der Waals surface area (Å²) in [6, 6.07) is 3.86. The Bertz CT molecular complexity index is 1260. The lowest BCUT2D eigenvalue weighted by atomic mass is 10.1. The molecule has 0 spiro atoms. The second-order valence-electron chi connectivity index (χ2n) is 6.81. The van der Waals surface area contributed by atoms with Crippen LogP contribution in [0.1, 0.15) is 16.8 Å². The van der Waals surface area contributed by atoms with Gasteiger partial charge in [0.15, 0.2) is 10.8 Å². The van der Waals surface area contributed by atoms with Gasteiger partial charge >= 0.3 is 5.69 Å². The third-order valence-electron chi connectivity index (χ3n) is 4.91. The Morgan fingerprint density at radius 3 is 2.52 bits per heavy atom. The highest BCUT2D eigenvalue weighted by molar-refractivity contribution is 6.33. The first-order valence-electron chi connectivity index (χ1n) is 9.00. The lowest BCUT2D eigenvalue weighted by Crippen LogP contribution is -2.26. The predicted molar refractivity (Wildman–Crippen MR) is 113 cm³/mol. The molecular formula is C19H19Cl2N7O. The van der Waals surface area contributed by atoms with Crippen molar-refractivity contribution in [2.24, 2.45) is 0 Å². The number of aryl methyl sites for hydroxylation is 3. The normalized spacial score (nSPS) is 11.4. The van der Waals surface area contributed by atoms with Crippen LogP contribution >= 0.6 is 23.2 Å². The van der Waals surface area contributed by atoms with Gasteiger partial charge in [-0.1, -0.05) is 23.2 Å². The molecule has 4 aromatic heterocycles. The van der Waals surface area contributed by atoms with E-state index in [1.165, 1.54) is 4.57 Å². The number of halogens is 2. The van der Waals surface area contributed by atoms with Crippen LogP contribution in [-0.2, 0) is 19.6 Å². The monoisotopic (exact) mass is 431 g/mol. The number of anilines is 1. The number of aromatic nitrogens is 6. The summed E-state index contributed by atoms with van der Waals surface area (Å²) in [4.78, 5) is 26.0.